The summed E-state index contributed by atoms with van der Waals surface area (Å²) in [5, 5.41) is 5.52. The molecular weight excluding hydrogens is 410 g/mol. The summed E-state index contributed by atoms with van der Waals surface area (Å²) in [6.07, 6.45) is -0.00101. The molecule has 4 rings (SSSR count). The molecule has 2 aromatic carbocycles. The second-order valence-corrected chi connectivity index (χ2v) is 8.91. The summed E-state index contributed by atoms with van der Waals surface area (Å²) in [6, 6.07) is 14.4. The predicted molar refractivity (Wildman–Crippen MR) is 112 cm³/mol. The maximum Gasteiger partial charge on any atom is 0.312 e. The minimum Gasteiger partial charge on any atom is -0.457 e. The topological polar surface area (TPSA) is 97.7 Å². The van der Waals surface area contributed by atoms with Crippen LogP contribution in [0.1, 0.15) is 11.3 Å². The van der Waals surface area contributed by atoms with Crippen molar-refractivity contribution in [3.8, 4) is 10.6 Å². The Hall–Kier alpha value is -3.04. The smallest absolute Gasteiger partial charge is 0.312 e. The molecule has 3 aromatic rings. The number of aryl methyl sites for hydroxylation is 1. The largest absolute Gasteiger partial charge is 0.457 e. The lowest BCUT2D eigenvalue weighted by atomic mass is 10.2. The lowest BCUT2D eigenvalue weighted by Gasteiger charge is -2.17. The molecule has 7 nitrogen and oxygen atoms in total. The molecule has 1 N–H and O–H groups in total. The summed E-state index contributed by atoms with van der Waals surface area (Å²) in [5.41, 5.74) is 3.17. The number of carbonyl (C=O) groups is 1. The molecule has 0 bridgehead atoms. The summed E-state index contributed by atoms with van der Waals surface area (Å²) in [5.74, 6) is -0.442. The number of aromatic nitrogens is 1. The number of sulfonamides is 1. The number of esters is 1. The number of hydrogen-bond donors (Lipinski definition) is 1. The Balaban J connectivity index is 1.38. The predicted octanol–water partition coefficient (Wildman–Crippen LogP) is 3.42. The number of nitrogens with one attached hydrogen (secondary N) is 1. The zero-order valence-electron chi connectivity index (χ0n) is 15.5. The Morgan fingerprint density at radius 3 is 2.69 bits per heavy atom. The van der Waals surface area contributed by atoms with Crippen LogP contribution in [0.3, 0.4) is 0 Å². The molecule has 0 saturated carbocycles. The molecule has 0 fully saturated rings. The van der Waals surface area contributed by atoms with Crippen molar-refractivity contribution in [2.45, 2.75) is 18.2 Å². The van der Waals surface area contributed by atoms with E-state index in [1.165, 1.54) is 17.4 Å². The lowest BCUT2D eigenvalue weighted by Crippen LogP contribution is -2.27. The molecule has 0 atom stereocenters. The highest BCUT2D eigenvalue weighted by Crippen LogP contribution is 2.27. The summed E-state index contributed by atoms with van der Waals surface area (Å²) < 4.78 is 33.3. The first-order valence-corrected chi connectivity index (χ1v) is 11.1. The molecule has 1 aliphatic heterocycles. The molecule has 148 valence electrons. The van der Waals surface area contributed by atoms with Gasteiger partial charge in [0.2, 0.25) is 0 Å². The van der Waals surface area contributed by atoms with Crippen LogP contribution in [-0.4, -0.2) is 31.8 Å². The Labute approximate surface area is 172 Å². The Morgan fingerprint density at radius 1 is 1.14 bits per heavy atom. The van der Waals surface area contributed by atoms with E-state index in [2.05, 4.69) is 14.7 Å². The van der Waals surface area contributed by atoms with Crippen LogP contribution in [0.5, 0.6) is 0 Å². The van der Waals surface area contributed by atoms with Gasteiger partial charge in [0.15, 0.2) is 5.84 Å². The van der Waals surface area contributed by atoms with Crippen molar-refractivity contribution >= 4 is 38.9 Å². The van der Waals surface area contributed by atoms with Gasteiger partial charge in [-0.25, -0.2) is 4.98 Å². The minimum absolute atomic E-state index is 0.00101. The third-order valence-corrected chi connectivity index (χ3v) is 6.53. The van der Waals surface area contributed by atoms with Gasteiger partial charge in [0.05, 0.1) is 17.8 Å². The number of fused-ring (bicyclic) bond motifs is 1. The van der Waals surface area contributed by atoms with Crippen molar-refractivity contribution in [2.75, 3.05) is 11.9 Å². The first-order chi connectivity index (χ1) is 13.9. The number of benzene rings is 2. The van der Waals surface area contributed by atoms with Gasteiger partial charge < -0.3 is 10.1 Å². The number of para-hydroxylation sites is 1. The van der Waals surface area contributed by atoms with Gasteiger partial charge in [0, 0.05) is 10.9 Å². The van der Waals surface area contributed by atoms with Crippen LogP contribution >= 0.6 is 11.3 Å². The fraction of sp³-hybridized carbons (Fsp3) is 0.150. The van der Waals surface area contributed by atoms with E-state index in [-0.39, 0.29) is 23.8 Å². The molecule has 0 unspecified atom stereocenters. The monoisotopic (exact) mass is 427 g/mol. The van der Waals surface area contributed by atoms with E-state index >= 15 is 0 Å². The standard InChI is InChI=1S/C20H17N3O4S2/c1-13-6-8-14(9-7-13)20-21-15(12-28-20)10-19(24)27-11-18-22-16-4-2-3-5-17(16)29(25,26)23-18/h2-9,12H,10-11H2,1H3,(H,22,23). The maximum absolute atomic E-state index is 12.2. The van der Waals surface area contributed by atoms with Gasteiger partial charge in [-0.05, 0) is 19.1 Å². The number of nitrogens with zero attached hydrogens (tertiary/aromatic N) is 2. The number of amidine groups is 1. The molecule has 1 aliphatic rings. The fourth-order valence-electron chi connectivity index (χ4n) is 2.79. The number of anilines is 1. The normalized spacial score (nSPS) is 14.4. The second kappa shape index (κ2) is 7.76. The molecule has 9 heteroatoms. The van der Waals surface area contributed by atoms with Crippen LogP contribution in [0, 0.1) is 6.92 Å². The molecule has 0 spiro atoms. The van der Waals surface area contributed by atoms with E-state index in [1.54, 1.807) is 18.2 Å². The van der Waals surface area contributed by atoms with E-state index < -0.39 is 16.0 Å². The Bertz CT molecular complexity index is 1200. The summed E-state index contributed by atoms with van der Waals surface area (Å²) in [7, 11) is -3.80. The second-order valence-electron chi connectivity index (χ2n) is 6.48. The zero-order valence-corrected chi connectivity index (χ0v) is 17.1. The molecule has 2 heterocycles. The number of ether oxygens (including phenoxy) is 1. The Kier molecular flexibility index (Phi) is 5.16. The fourth-order valence-corrected chi connectivity index (χ4v) is 4.75. The van der Waals surface area contributed by atoms with Crippen molar-refractivity contribution in [1.29, 1.82) is 0 Å². The van der Waals surface area contributed by atoms with Crippen LogP contribution in [0.2, 0.25) is 0 Å². The number of carbonyl (C=O) groups excluding carboxylic acids is 1. The Morgan fingerprint density at radius 2 is 1.90 bits per heavy atom. The van der Waals surface area contributed by atoms with Gasteiger partial charge in [0.25, 0.3) is 10.0 Å². The molecule has 0 radical (unpaired) electrons. The molecule has 29 heavy (non-hydrogen) atoms. The van der Waals surface area contributed by atoms with Crippen molar-refractivity contribution in [3.05, 3.63) is 65.2 Å². The highest BCUT2D eigenvalue weighted by Gasteiger charge is 2.24. The van der Waals surface area contributed by atoms with Crippen molar-refractivity contribution < 1.29 is 17.9 Å². The van der Waals surface area contributed by atoms with Crippen LogP contribution in [0.25, 0.3) is 10.6 Å². The van der Waals surface area contributed by atoms with E-state index in [0.29, 0.717) is 11.4 Å². The number of hydrogen-bond acceptors (Lipinski definition) is 7. The van der Waals surface area contributed by atoms with Gasteiger partial charge in [-0.1, -0.05) is 42.0 Å². The molecule has 0 aliphatic carbocycles. The van der Waals surface area contributed by atoms with Gasteiger partial charge in [-0.3, -0.25) is 4.79 Å². The van der Waals surface area contributed by atoms with Gasteiger partial charge >= 0.3 is 5.97 Å². The summed E-state index contributed by atoms with van der Waals surface area (Å²) in [4.78, 5) is 16.7. The summed E-state index contributed by atoms with van der Waals surface area (Å²) >= 11 is 1.45. The van der Waals surface area contributed by atoms with Crippen LogP contribution in [-0.2, 0) is 26.0 Å². The average molecular weight is 428 g/mol. The zero-order chi connectivity index (χ0) is 20.4. The van der Waals surface area contributed by atoms with Gasteiger partial charge in [-0.2, -0.15) is 8.42 Å². The summed E-state index contributed by atoms with van der Waals surface area (Å²) in [6.45, 7) is 1.75. The molecule has 0 amide bonds. The third kappa shape index (κ3) is 4.36. The van der Waals surface area contributed by atoms with Crippen LogP contribution < -0.4 is 5.32 Å². The van der Waals surface area contributed by atoms with E-state index in [0.717, 1.165) is 16.1 Å². The van der Waals surface area contributed by atoms with Gasteiger partial charge in [0.1, 0.15) is 16.5 Å². The lowest BCUT2D eigenvalue weighted by molar-refractivity contribution is -0.141. The van der Waals surface area contributed by atoms with Crippen LogP contribution in [0.4, 0.5) is 5.69 Å². The number of thiazole rings is 1. The van der Waals surface area contributed by atoms with E-state index in [1.807, 2.05) is 36.6 Å². The van der Waals surface area contributed by atoms with Gasteiger partial charge in [-0.15, -0.1) is 15.7 Å². The van der Waals surface area contributed by atoms with Crippen molar-refractivity contribution in [3.63, 3.8) is 0 Å². The highest BCUT2D eigenvalue weighted by atomic mass is 32.2. The quantitative estimate of drug-likeness (QED) is 0.627. The molecule has 0 saturated heterocycles. The van der Waals surface area contributed by atoms with Crippen molar-refractivity contribution in [1.82, 2.24) is 4.98 Å². The van der Waals surface area contributed by atoms with Crippen molar-refractivity contribution in [2.24, 2.45) is 4.40 Å². The maximum atomic E-state index is 12.2. The SMILES string of the molecule is Cc1ccc(-c2nc(CC(=O)OCC3=NS(=O)(=O)c4ccccc4N3)cs2)cc1. The van der Waals surface area contributed by atoms with Crippen LogP contribution in [0.15, 0.2) is 63.2 Å². The highest BCUT2D eigenvalue weighted by molar-refractivity contribution is 7.90. The first-order valence-electron chi connectivity index (χ1n) is 8.78. The van der Waals surface area contributed by atoms with E-state index in [9.17, 15) is 13.2 Å². The third-order valence-electron chi connectivity index (χ3n) is 4.22. The van der Waals surface area contributed by atoms with E-state index in [4.69, 9.17) is 4.74 Å². The molecule has 1 aromatic heterocycles. The average Bonchev–Trinajstić information content (AvgIpc) is 3.15. The minimum atomic E-state index is -3.80. The molecular formula is C20H17N3O4S2. The first kappa shape index (κ1) is 19.3. The number of rotatable bonds is 5.